The number of rotatable bonds is 5. The molecule has 0 saturated carbocycles. The molecule has 0 aliphatic carbocycles. The highest BCUT2D eigenvalue weighted by molar-refractivity contribution is 5.56. The Labute approximate surface area is 110 Å². The summed E-state index contributed by atoms with van der Waals surface area (Å²) in [6, 6.07) is 8.20. The molecule has 3 nitrogen and oxygen atoms in total. The second kappa shape index (κ2) is 6.64. The molecule has 1 fully saturated rings. The molecular formula is C15H24N2O. The van der Waals surface area contributed by atoms with Crippen LogP contribution in [0.25, 0.3) is 0 Å². The third kappa shape index (κ3) is 3.91. The van der Waals surface area contributed by atoms with Crippen molar-refractivity contribution in [2.75, 3.05) is 25.0 Å². The van der Waals surface area contributed by atoms with Gasteiger partial charge in [-0.1, -0.05) is 12.1 Å². The molecule has 0 amide bonds. The Morgan fingerprint density at radius 3 is 2.72 bits per heavy atom. The van der Waals surface area contributed by atoms with Crippen molar-refractivity contribution in [3.05, 3.63) is 24.3 Å². The van der Waals surface area contributed by atoms with Gasteiger partial charge in [-0.15, -0.1) is 0 Å². The summed E-state index contributed by atoms with van der Waals surface area (Å²) in [6.07, 6.45) is 2.74. The maximum atomic E-state index is 5.81. The lowest BCUT2D eigenvalue weighted by Gasteiger charge is -2.24. The van der Waals surface area contributed by atoms with Crippen LogP contribution >= 0.6 is 0 Å². The summed E-state index contributed by atoms with van der Waals surface area (Å²) < 4.78 is 5.81. The van der Waals surface area contributed by atoms with Gasteiger partial charge in [-0.3, -0.25) is 0 Å². The number of para-hydroxylation sites is 2. The van der Waals surface area contributed by atoms with E-state index < -0.39 is 0 Å². The monoisotopic (exact) mass is 248 g/mol. The highest BCUT2D eigenvalue weighted by atomic mass is 16.5. The van der Waals surface area contributed by atoms with Crippen molar-refractivity contribution in [2.45, 2.75) is 32.8 Å². The number of hydrogen-bond donors (Lipinski definition) is 2. The molecule has 0 bridgehead atoms. The normalized spacial score (nSPS) is 16.8. The molecule has 0 spiro atoms. The molecule has 1 heterocycles. The first kappa shape index (κ1) is 13.2. The quantitative estimate of drug-likeness (QED) is 0.840. The lowest BCUT2D eigenvalue weighted by molar-refractivity contribution is 0.243. The highest BCUT2D eigenvalue weighted by Gasteiger charge is 2.13. The molecule has 1 aliphatic heterocycles. The van der Waals surface area contributed by atoms with Gasteiger partial charge in [0.15, 0.2) is 0 Å². The third-order valence-electron chi connectivity index (χ3n) is 3.29. The molecule has 1 aliphatic rings. The van der Waals surface area contributed by atoms with Gasteiger partial charge in [0.1, 0.15) is 5.75 Å². The van der Waals surface area contributed by atoms with Crippen molar-refractivity contribution in [1.29, 1.82) is 0 Å². The molecule has 1 saturated heterocycles. The highest BCUT2D eigenvalue weighted by Crippen LogP contribution is 2.25. The summed E-state index contributed by atoms with van der Waals surface area (Å²) in [7, 11) is 0. The second-order valence-corrected chi connectivity index (χ2v) is 5.24. The number of hydrogen-bond acceptors (Lipinski definition) is 3. The van der Waals surface area contributed by atoms with Crippen molar-refractivity contribution in [3.8, 4) is 5.75 Å². The van der Waals surface area contributed by atoms with Crippen LogP contribution in [0.15, 0.2) is 24.3 Å². The molecular weight excluding hydrogens is 224 g/mol. The largest absolute Gasteiger partial charge is 0.489 e. The number of benzene rings is 1. The van der Waals surface area contributed by atoms with Crippen molar-refractivity contribution in [2.24, 2.45) is 5.92 Å². The molecule has 1 aromatic rings. The van der Waals surface area contributed by atoms with Gasteiger partial charge in [0, 0.05) is 6.54 Å². The van der Waals surface area contributed by atoms with Crippen LogP contribution in [-0.2, 0) is 0 Å². The maximum absolute atomic E-state index is 5.81. The molecule has 0 atom stereocenters. The first-order chi connectivity index (χ1) is 8.75. The van der Waals surface area contributed by atoms with Crippen LogP contribution in [0.1, 0.15) is 26.7 Å². The van der Waals surface area contributed by atoms with E-state index in [0.717, 1.165) is 37.0 Å². The smallest absolute Gasteiger partial charge is 0.142 e. The fourth-order valence-electron chi connectivity index (χ4n) is 2.31. The van der Waals surface area contributed by atoms with E-state index >= 15 is 0 Å². The Morgan fingerprint density at radius 2 is 2.00 bits per heavy atom. The Morgan fingerprint density at radius 1 is 1.28 bits per heavy atom. The minimum atomic E-state index is 0.215. The van der Waals surface area contributed by atoms with E-state index in [1.807, 2.05) is 12.1 Å². The Balaban J connectivity index is 1.91. The lowest BCUT2D eigenvalue weighted by Crippen LogP contribution is -2.31. The van der Waals surface area contributed by atoms with Crippen LogP contribution in [0, 0.1) is 5.92 Å². The minimum Gasteiger partial charge on any atom is -0.489 e. The number of ether oxygens (including phenoxy) is 1. The van der Waals surface area contributed by atoms with Gasteiger partial charge >= 0.3 is 0 Å². The lowest BCUT2D eigenvalue weighted by atomic mass is 9.98. The summed E-state index contributed by atoms with van der Waals surface area (Å²) in [6.45, 7) is 7.46. The van der Waals surface area contributed by atoms with Crippen molar-refractivity contribution in [3.63, 3.8) is 0 Å². The van der Waals surface area contributed by atoms with Crippen LogP contribution < -0.4 is 15.4 Å². The average Bonchev–Trinajstić information content (AvgIpc) is 2.38. The second-order valence-electron chi connectivity index (χ2n) is 5.24. The fraction of sp³-hybridized carbons (Fsp3) is 0.600. The van der Waals surface area contributed by atoms with E-state index in [4.69, 9.17) is 4.74 Å². The number of piperidine rings is 1. The zero-order valence-corrected chi connectivity index (χ0v) is 11.4. The van der Waals surface area contributed by atoms with Gasteiger partial charge in [0.25, 0.3) is 0 Å². The van der Waals surface area contributed by atoms with E-state index in [-0.39, 0.29) is 6.10 Å². The van der Waals surface area contributed by atoms with Crippen LogP contribution in [-0.4, -0.2) is 25.7 Å². The fourth-order valence-corrected chi connectivity index (χ4v) is 2.31. The third-order valence-corrected chi connectivity index (χ3v) is 3.29. The summed E-state index contributed by atoms with van der Waals surface area (Å²) in [5.74, 6) is 1.74. The molecule has 100 valence electrons. The van der Waals surface area contributed by atoms with Crippen LogP contribution in [0.4, 0.5) is 5.69 Å². The Kier molecular flexibility index (Phi) is 4.88. The van der Waals surface area contributed by atoms with Crippen LogP contribution in [0.5, 0.6) is 5.75 Å². The van der Waals surface area contributed by atoms with Gasteiger partial charge in [-0.2, -0.15) is 0 Å². The molecule has 2 rings (SSSR count). The van der Waals surface area contributed by atoms with E-state index in [9.17, 15) is 0 Å². The summed E-state index contributed by atoms with van der Waals surface area (Å²) in [5.41, 5.74) is 1.12. The molecule has 1 aromatic carbocycles. The predicted octanol–water partition coefficient (Wildman–Crippen LogP) is 2.89. The van der Waals surface area contributed by atoms with E-state index in [1.54, 1.807) is 0 Å². The zero-order valence-electron chi connectivity index (χ0n) is 11.4. The van der Waals surface area contributed by atoms with Gasteiger partial charge in [-0.25, -0.2) is 0 Å². The average molecular weight is 248 g/mol. The Bertz CT molecular complexity index is 359. The minimum absolute atomic E-state index is 0.215. The van der Waals surface area contributed by atoms with Crippen LogP contribution in [0.2, 0.25) is 0 Å². The van der Waals surface area contributed by atoms with Crippen molar-refractivity contribution >= 4 is 5.69 Å². The number of nitrogens with one attached hydrogen (secondary N) is 2. The van der Waals surface area contributed by atoms with E-state index in [2.05, 4.69) is 36.6 Å². The van der Waals surface area contributed by atoms with Crippen molar-refractivity contribution < 1.29 is 4.74 Å². The zero-order chi connectivity index (χ0) is 12.8. The van der Waals surface area contributed by atoms with E-state index in [1.165, 1.54) is 12.8 Å². The molecule has 2 N–H and O–H groups in total. The molecule has 18 heavy (non-hydrogen) atoms. The van der Waals surface area contributed by atoms with Crippen molar-refractivity contribution in [1.82, 2.24) is 5.32 Å². The summed E-state index contributed by atoms with van der Waals surface area (Å²) >= 11 is 0. The summed E-state index contributed by atoms with van der Waals surface area (Å²) in [5, 5.41) is 6.93. The Hall–Kier alpha value is -1.22. The molecule has 0 radical (unpaired) electrons. The summed E-state index contributed by atoms with van der Waals surface area (Å²) in [4.78, 5) is 0. The molecule has 3 heteroatoms. The first-order valence-electron chi connectivity index (χ1n) is 6.96. The van der Waals surface area contributed by atoms with Gasteiger partial charge in [-0.05, 0) is 57.8 Å². The SMILES string of the molecule is CC(C)Oc1ccccc1NCC1CCNCC1. The topological polar surface area (TPSA) is 33.3 Å². The standard InChI is InChI=1S/C15H24N2O/c1-12(2)18-15-6-4-3-5-14(15)17-11-13-7-9-16-10-8-13/h3-6,12-13,16-17H,7-11H2,1-2H3. The maximum Gasteiger partial charge on any atom is 0.142 e. The van der Waals surface area contributed by atoms with Gasteiger partial charge in [0.05, 0.1) is 11.8 Å². The van der Waals surface area contributed by atoms with Gasteiger partial charge < -0.3 is 15.4 Å². The van der Waals surface area contributed by atoms with Gasteiger partial charge in [0.2, 0.25) is 0 Å². The molecule has 0 unspecified atom stereocenters. The number of anilines is 1. The van der Waals surface area contributed by atoms with E-state index in [0.29, 0.717) is 0 Å². The first-order valence-corrected chi connectivity index (χ1v) is 6.96. The molecule has 0 aromatic heterocycles. The van der Waals surface area contributed by atoms with Crippen LogP contribution in [0.3, 0.4) is 0 Å². The predicted molar refractivity (Wildman–Crippen MR) is 76.3 cm³/mol.